The smallest absolute Gasteiger partial charge is 0.256 e. The van der Waals surface area contributed by atoms with Crippen LogP contribution in [0.25, 0.3) is 10.9 Å². The van der Waals surface area contributed by atoms with Gasteiger partial charge in [0.15, 0.2) is 5.11 Å². The number of benzene rings is 3. The first-order chi connectivity index (χ1) is 17.4. The minimum atomic E-state index is -0.752. The lowest BCUT2D eigenvalue weighted by atomic mass is 10.1. The number of hydrogen-bond donors (Lipinski definition) is 2. The van der Waals surface area contributed by atoms with Crippen molar-refractivity contribution in [3.8, 4) is 5.75 Å². The molecule has 1 fully saturated rings. The number of fused-ring (bicyclic) bond motifs is 1. The summed E-state index contributed by atoms with van der Waals surface area (Å²) in [4.78, 5) is 33.3. The molecule has 182 valence electrons. The number of para-hydroxylation sites is 2. The van der Waals surface area contributed by atoms with Crippen LogP contribution in [0.1, 0.15) is 17.5 Å². The van der Waals surface area contributed by atoms with Gasteiger partial charge in [-0.15, -0.1) is 0 Å². The summed E-state index contributed by atoms with van der Waals surface area (Å²) in [5.41, 5.74) is 4.29. The molecule has 3 aromatic carbocycles. The van der Waals surface area contributed by atoms with Crippen LogP contribution in [-0.4, -0.2) is 40.0 Å². The summed E-state index contributed by atoms with van der Waals surface area (Å²) in [6.07, 6.45) is 1.81. The Labute approximate surface area is 214 Å². The molecule has 5 rings (SSSR count). The fourth-order valence-electron chi connectivity index (χ4n) is 4.45. The molecule has 2 N–H and O–H groups in total. The summed E-state index contributed by atoms with van der Waals surface area (Å²) >= 11 is 5.80. The number of ether oxygens (including phenoxy) is 1. The zero-order chi connectivity index (χ0) is 25.2. The quantitative estimate of drug-likeness (QED) is 0.350. The van der Waals surface area contributed by atoms with E-state index in [9.17, 15) is 9.59 Å². The summed E-state index contributed by atoms with van der Waals surface area (Å²) in [5, 5.41) is 4.33. The highest BCUT2D eigenvalue weighted by atomic mass is 32.1. The Hall–Kier alpha value is -4.17. The molecule has 7 nitrogen and oxygen atoms in total. The van der Waals surface area contributed by atoms with Crippen LogP contribution in [0, 0.1) is 6.92 Å². The number of nitrogens with zero attached hydrogens (tertiary/aromatic N) is 2. The lowest BCUT2D eigenvalue weighted by molar-refractivity contribution is -0.124. The molecule has 36 heavy (non-hydrogen) atoms. The van der Waals surface area contributed by atoms with E-state index >= 15 is 0 Å². The first-order valence-electron chi connectivity index (χ1n) is 11.6. The van der Waals surface area contributed by atoms with Crippen LogP contribution in [0.3, 0.4) is 0 Å². The van der Waals surface area contributed by atoms with Crippen molar-refractivity contribution in [3.05, 3.63) is 90.1 Å². The van der Waals surface area contributed by atoms with Crippen molar-refractivity contribution < 1.29 is 14.3 Å². The van der Waals surface area contributed by atoms with Crippen molar-refractivity contribution in [1.29, 1.82) is 0 Å². The number of carbonyl (C=O) groups excluding carboxylic acids is 2. The van der Waals surface area contributed by atoms with Gasteiger partial charge >= 0.3 is 0 Å². The molecular formula is C28H26N4O3S. The second kappa shape index (κ2) is 9.83. The highest BCUT2D eigenvalue weighted by Gasteiger charge is 2.45. The van der Waals surface area contributed by atoms with Crippen LogP contribution >= 0.6 is 12.2 Å². The van der Waals surface area contributed by atoms with Gasteiger partial charge in [-0.3, -0.25) is 14.5 Å². The highest BCUT2D eigenvalue weighted by molar-refractivity contribution is 7.80. The summed E-state index contributed by atoms with van der Waals surface area (Å²) in [6, 6.07) is 22.2. The van der Waals surface area contributed by atoms with Gasteiger partial charge in [0, 0.05) is 23.9 Å². The number of carbonyl (C=O) groups is 2. The van der Waals surface area contributed by atoms with Gasteiger partial charge in [-0.2, -0.15) is 0 Å². The van der Waals surface area contributed by atoms with Gasteiger partial charge in [-0.1, -0.05) is 48.0 Å². The van der Waals surface area contributed by atoms with Gasteiger partial charge < -0.3 is 19.9 Å². The molecule has 0 radical (unpaired) electrons. The van der Waals surface area contributed by atoms with Crippen LogP contribution in [0.5, 0.6) is 5.75 Å². The van der Waals surface area contributed by atoms with Gasteiger partial charge in [-0.05, 0) is 60.4 Å². The lowest BCUT2D eigenvalue weighted by Gasteiger charge is -2.24. The number of aryl methyl sites for hydroxylation is 1. The minimum absolute atomic E-state index is 0.0424. The fraction of sp³-hybridized carbons (Fsp3) is 0.179. The van der Waals surface area contributed by atoms with Gasteiger partial charge in [0.1, 0.15) is 11.8 Å². The third kappa shape index (κ3) is 4.55. The monoisotopic (exact) mass is 498 g/mol. The van der Waals surface area contributed by atoms with E-state index in [0.29, 0.717) is 28.8 Å². The number of aromatic nitrogens is 1. The topological polar surface area (TPSA) is 77.7 Å². The Bertz CT molecular complexity index is 1450. The van der Waals surface area contributed by atoms with E-state index in [1.165, 1.54) is 4.90 Å². The number of aromatic amines is 1. The van der Waals surface area contributed by atoms with E-state index in [2.05, 4.69) is 10.3 Å². The average Bonchev–Trinajstić information content (AvgIpc) is 3.43. The Morgan fingerprint density at radius 1 is 1.08 bits per heavy atom. The number of nitrogens with one attached hydrogen (secondary N) is 2. The largest absolute Gasteiger partial charge is 0.495 e. The molecule has 0 aliphatic carbocycles. The Balaban J connectivity index is 1.43. The molecule has 8 heteroatoms. The van der Waals surface area contributed by atoms with Crippen molar-refractivity contribution in [2.24, 2.45) is 0 Å². The molecule has 1 aliphatic heterocycles. The molecule has 0 saturated carbocycles. The van der Waals surface area contributed by atoms with Crippen molar-refractivity contribution in [3.63, 3.8) is 0 Å². The molecule has 1 aliphatic rings. The standard InChI is InChI=1S/C28H26N4O3S/c1-18-7-9-19(10-8-18)17-31-24(16-26(33)30-21-12-11-20-13-14-29-22(20)15-21)27(34)32(28(31)36)23-5-3-4-6-25(23)35-2/h3-15,24,29H,16-17H2,1-2H3,(H,30,33). The molecule has 1 atom stereocenters. The van der Waals surface area contributed by atoms with Crippen molar-refractivity contribution in [2.45, 2.75) is 25.9 Å². The van der Waals surface area contributed by atoms with Gasteiger partial charge in [0.2, 0.25) is 5.91 Å². The molecule has 0 spiro atoms. The van der Waals surface area contributed by atoms with E-state index in [1.54, 1.807) is 19.2 Å². The predicted octanol–water partition coefficient (Wildman–Crippen LogP) is 5.02. The second-order valence-corrected chi connectivity index (χ2v) is 9.15. The lowest BCUT2D eigenvalue weighted by Crippen LogP contribution is -2.37. The van der Waals surface area contributed by atoms with Gasteiger partial charge in [0.05, 0.1) is 19.2 Å². The molecule has 1 saturated heterocycles. The van der Waals surface area contributed by atoms with Crippen LogP contribution in [-0.2, 0) is 16.1 Å². The normalized spacial score (nSPS) is 15.6. The second-order valence-electron chi connectivity index (χ2n) is 8.79. The van der Waals surface area contributed by atoms with E-state index in [-0.39, 0.29) is 18.2 Å². The molecule has 0 bridgehead atoms. The zero-order valence-electron chi connectivity index (χ0n) is 20.0. The van der Waals surface area contributed by atoms with Gasteiger partial charge in [0.25, 0.3) is 5.91 Å². The molecule has 1 aromatic heterocycles. The van der Waals surface area contributed by atoms with Crippen molar-refractivity contribution >= 4 is 51.4 Å². The summed E-state index contributed by atoms with van der Waals surface area (Å²) < 4.78 is 5.49. The maximum Gasteiger partial charge on any atom is 0.256 e. The Morgan fingerprint density at radius 3 is 2.64 bits per heavy atom. The van der Waals surface area contributed by atoms with Crippen LogP contribution in [0.2, 0.25) is 0 Å². The molecule has 1 unspecified atom stereocenters. The number of rotatable bonds is 7. The van der Waals surface area contributed by atoms with Crippen molar-refractivity contribution in [1.82, 2.24) is 9.88 Å². The third-order valence-electron chi connectivity index (χ3n) is 6.34. The molecular weight excluding hydrogens is 472 g/mol. The first kappa shape index (κ1) is 23.6. The summed E-state index contributed by atoms with van der Waals surface area (Å²) in [7, 11) is 1.55. The van der Waals surface area contributed by atoms with E-state index in [1.807, 2.05) is 78.7 Å². The molecule has 2 amide bonds. The first-order valence-corrected chi connectivity index (χ1v) is 12.1. The number of hydrogen-bond acceptors (Lipinski definition) is 4. The fourth-order valence-corrected chi connectivity index (χ4v) is 4.83. The maximum atomic E-state index is 13.7. The van der Waals surface area contributed by atoms with Crippen LogP contribution in [0.4, 0.5) is 11.4 Å². The Kier molecular flexibility index (Phi) is 6.43. The number of methoxy groups -OCH3 is 1. The maximum absolute atomic E-state index is 13.7. The van der Waals surface area contributed by atoms with Crippen LogP contribution in [0.15, 0.2) is 79.0 Å². The Morgan fingerprint density at radius 2 is 1.86 bits per heavy atom. The average molecular weight is 499 g/mol. The number of anilines is 2. The number of H-pyrrole nitrogens is 1. The SMILES string of the molecule is COc1ccccc1N1C(=O)C(CC(=O)Nc2ccc3cc[nH]c3c2)N(Cc2ccc(C)cc2)C1=S. The molecule has 4 aromatic rings. The van der Waals surface area contributed by atoms with Crippen molar-refractivity contribution in [2.75, 3.05) is 17.3 Å². The third-order valence-corrected chi connectivity index (χ3v) is 6.75. The van der Waals surface area contributed by atoms with E-state index in [4.69, 9.17) is 17.0 Å². The summed E-state index contributed by atoms with van der Waals surface area (Å²) in [6.45, 7) is 2.43. The molecule has 2 heterocycles. The minimum Gasteiger partial charge on any atom is -0.495 e. The van der Waals surface area contributed by atoms with E-state index < -0.39 is 6.04 Å². The van der Waals surface area contributed by atoms with Crippen LogP contribution < -0.4 is 15.0 Å². The number of thiocarbonyl (C=S) groups is 1. The van der Waals surface area contributed by atoms with E-state index in [0.717, 1.165) is 22.0 Å². The summed E-state index contributed by atoms with van der Waals surface area (Å²) in [5.74, 6) is 0.0114. The van der Waals surface area contributed by atoms with Gasteiger partial charge in [-0.25, -0.2) is 0 Å². The predicted molar refractivity (Wildman–Crippen MR) is 145 cm³/mol. The number of amides is 2. The highest BCUT2D eigenvalue weighted by Crippen LogP contribution is 2.34. The zero-order valence-corrected chi connectivity index (χ0v) is 20.8.